The molecule has 1 aromatic carbocycles. The Morgan fingerprint density at radius 1 is 1.23 bits per heavy atom. The fourth-order valence-electron chi connectivity index (χ4n) is 1.75. The van der Waals surface area contributed by atoms with Crippen LogP contribution in [0.1, 0.15) is 6.92 Å². The first kappa shape index (κ1) is 16.0. The van der Waals surface area contributed by atoms with E-state index in [1.807, 2.05) is 0 Å². The van der Waals surface area contributed by atoms with E-state index in [1.54, 1.807) is 0 Å². The van der Waals surface area contributed by atoms with E-state index >= 15 is 0 Å². The number of nitrogens with zero attached hydrogens (tertiary/aromatic N) is 2. The molecule has 1 N–H and O–H groups in total. The van der Waals surface area contributed by atoms with E-state index in [1.165, 1.54) is 31.2 Å². The molecule has 2 rings (SSSR count). The van der Waals surface area contributed by atoms with Crippen LogP contribution in [0.15, 0.2) is 30.3 Å². The van der Waals surface area contributed by atoms with Crippen molar-refractivity contribution in [3.63, 3.8) is 0 Å². The summed E-state index contributed by atoms with van der Waals surface area (Å²) >= 11 is 5.61. The van der Waals surface area contributed by atoms with Crippen LogP contribution in [0.5, 0.6) is 5.75 Å². The van der Waals surface area contributed by atoms with Crippen molar-refractivity contribution >= 4 is 23.2 Å². The Bertz CT molecular complexity index is 690. The second kappa shape index (κ2) is 6.18. The van der Waals surface area contributed by atoms with Gasteiger partial charge in [0.1, 0.15) is 5.75 Å². The van der Waals surface area contributed by atoms with Crippen molar-refractivity contribution in [1.82, 2.24) is 10.2 Å². The van der Waals surface area contributed by atoms with Crippen LogP contribution in [0.25, 0.3) is 11.3 Å². The zero-order chi connectivity index (χ0) is 16.3. The lowest BCUT2D eigenvalue weighted by Crippen LogP contribution is -2.18. The summed E-state index contributed by atoms with van der Waals surface area (Å²) in [7, 11) is 0. The molecule has 2 aromatic rings. The van der Waals surface area contributed by atoms with Gasteiger partial charge in [0.25, 0.3) is 0 Å². The Hall–Kier alpha value is -2.35. The fourth-order valence-corrected chi connectivity index (χ4v) is 1.85. The van der Waals surface area contributed by atoms with Gasteiger partial charge in [-0.2, -0.15) is 0 Å². The molecule has 0 atom stereocenters. The van der Waals surface area contributed by atoms with Crippen LogP contribution in [0.3, 0.4) is 0 Å². The van der Waals surface area contributed by atoms with E-state index in [0.29, 0.717) is 0 Å². The number of nitrogens with one attached hydrogen (secondary N) is 1. The number of ether oxygens (including phenoxy) is 1. The van der Waals surface area contributed by atoms with E-state index in [-0.39, 0.29) is 22.1 Å². The van der Waals surface area contributed by atoms with Crippen LogP contribution in [0.2, 0.25) is 5.15 Å². The van der Waals surface area contributed by atoms with Crippen molar-refractivity contribution in [2.45, 2.75) is 13.3 Å². The van der Waals surface area contributed by atoms with Crippen LogP contribution >= 0.6 is 11.6 Å². The lowest BCUT2D eigenvalue weighted by Gasteiger charge is -2.16. The predicted molar refractivity (Wildman–Crippen MR) is 73.5 cm³/mol. The Kier molecular flexibility index (Phi) is 4.51. The number of hydrogen-bond acceptors (Lipinski definition) is 4. The molecule has 0 aliphatic carbocycles. The predicted octanol–water partition coefficient (Wildman–Crippen LogP) is 3.65. The summed E-state index contributed by atoms with van der Waals surface area (Å²) in [6.45, 7) is 1.23. The summed E-state index contributed by atoms with van der Waals surface area (Å²) in [5.41, 5.74) is 0.151. The third kappa shape index (κ3) is 4.08. The normalized spacial score (nSPS) is 11.1. The maximum atomic E-state index is 12.5. The van der Waals surface area contributed by atoms with Crippen LogP contribution in [0.4, 0.5) is 18.9 Å². The first-order valence-corrected chi connectivity index (χ1v) is 6.30. The number of rotatable bonds is 3. The number of halogens is 4. The quantitative estimate of drug-likeness (QED) is 0.932. The average molecular weight is 332 g/mol. The van der Waals surface area contributed by atoms with Gasteiger partial charge in [-0.3, -0.25) is 4.79 Å². The summed E-state index contributed by atoms with van der Waals surface area (Å²) in [5, 5.41) is 9.81. The Balaban J connectivity index is 2.59. The summed E-state index contributed by atoms with van der Waals surface area (Å²) in [6, 6.07) is 6.60. The van der Waals surface area contributed by atoms with Crippen LogP contribution < -0.4 is 10.1 Å². The first-order valence-electron chi connectivity index (χ1n) is 5.92. The van der Waals surface area contributed by atoms with Gasteiger partial charge < -0.3 is 10.1 Å². The van der Waals surface area contributed by atoms with Gasteiger partial charge in [-0.05, 0) is 24.3 Å². The van der Waals surface area contributed by atoms with E-state index in [2.05, 4.69) is 20.3 Å². The topological polar surface area (TPSA) is 64.1 Å². The van der Waals surface area contributed by atoms with Gasteiger partial charge in [0, 0.05) is 6.92 Å². The Labute approximate surface area is 128 Å². The number of alkyl halides is 3. The molecule has 1 heterocycles. The molecule has 1 amide bonds. The maximum absolute atomic E-state index is 12.5. The largest absolute Gasteiger partial charge is 0.573 e. The molecule has 116 valence electrons. The number of amides is 1. The van der Waals surface area contributed by atoms with Gasteiger partial charge in [-0.1, -0.05) is 17.7 Å². The molecule has 22 heavy (non-hydrogen) atoms. The molecule has 0 saturated carbocycles. The highest BCUT2D eigenvalue weighted by Crippen LogP contribution is 2.38. The highest BCUT2D eigenvalue weighted by atomic mass is 35.5. The third-order valence-electron chi connectivity index (χ3n) is 2.45. The van der Waals surface area contributed by atoms with E-state index in [4.69, 9.17) is 11.6 Å². The molecule has 0 unspecified atom stereocenters. The van der Waals surface area contributed by atoms with E-state index in [0.717, 1.165) is 6.07 Å². The average Bonchev–Trinajstić information content (AvgIpc) is 2.38. The van der Waals surface area contributed by atoms with Gasteiger partial charge >= 0.3 is 6.36 Å². The van der Waals surface area contributed by atoms with Gasteiger partial charge in [0.15, 0.2) is 5.15 Å². The SMILES string of the molecule is CC(=O)Nc1cccc(OC(F)(F)F)c1-c1ccc(Cl)nn1. The van der Waals surface area contributed by atoms with Gasteiger partial charge in [0.05, 0.1) is 16.9 Å². The fraction of sp³-hybridized carbons (Fsp3) is 0.154. The molecule has 0 fully saturated rings. The summed E-state index contributed by atoms with van der Waals surface area (Å²) < 4.78 is 41.6. The van der Waals surface area contributed by atoms with Crippen molar-refractivity contribution in [3.05, 3.63) is 35.5 Å². The molecular formula is C13H9ClF3N3O2. The summed E-state index contributed by atoms with van der Waals surface area (Å²) in [6.07, 6.45) is -4.89. The van der Waals surface area contributed by atoms with Crippen LogP contribution in [-0.4, -0.2) is 22.5 Å². The lowest BCUT2D eigenvalue weighted by atomic mass is 10.1. The Morgan fingerprint density at radius 2 is 1.95 bits per heavy atom. The standard InChI is InChI=1S/C13H9ClF3N3O2/c1-7(21)18-8-3-2-4-10(22-13(15,16)17)12(8)9-5-6-11(14)20-19-9/h2-6H,1H3,(H,18,21). The molecule has 9 heteroatoms. The van der Waals surface area contributed by atoms with E-state index in [9.17, 15) is 18.0 Å². The number of carbonyl (C=O) groups excluding carboxylic acids is 1. The van der Waals surface area contributed by atoms with Gasteiger partial charge in [-0.15, -0.1) is 23.4 Å². The van der Waals surface area contributed by atoms with Crippen LogP contribution in [-0.2, 0) is 4.79 Å². The van der Waals surface area contributed by atoms with Crippen molar-refractivity contribution in [2.24, 2.45) is 0 Å². The highest BCUT2D eigenvalue weighted by molar-refractivity contribution is 6.29. The second-order valence-electron chi connectivity index (χ2n) is 4.15. The number of anilines is 1. The van der Waals surface area contributed by atoms with E-state index < -0.39 is 18.0 Å². The zero-order valence-electron chi connectivity index (χ0n) is 11.1. The molecule has 1 aromatic heterocycles. The van der Waals surface area contributed by atoms with Crippen molar-refractivity contribution < 1.29 is 22.7 Å². The number of benzene rings is 1. The van der Waals surface area contributed by atoms with Gasteiger partial charge in [-0.25, -0.2) is 0 Å². The summed E-state index contributed by atoms with van der Waals surface area (Å²) in [5.74, 6) is -0.956. The molecule has 5 nitrogen and oxygen atoms in total. The van der Waals surface area contributed by atoms with Crippen LogP contribution in [0, 0.1) is 0 Å². The maximum Gasteiger partial charge on any atom is 0.573 e. The number of carbonyl (C=O) groups is 1. The van der Waals surface area contributed by atoms with Crippen molar-refractivity contribution in [2.75, 3.05) is 5.32 Å². The zero-order valence-corrected chi connectivity index (χ0v) is 11.9. The smallest absolute Gasteiger partial charge is 0.405 e. The minimum absolute atomic E-state index is 0.0424. The Morgan fingerprint density at radius 3 is 2.50 bits per heavy atom. The summed E-state index contributed by atoms with van der Waals surface area (Å²) in [4.78, 5) is 11.2. The number of hydrogen-bond donors (Lipinski definition) is 1. The minimum Gasteiger partial charge on any atom is -0.405 e. The van der Waals surface area contributed by atoms with Gasteiger partial charge in [0.2, 0.25) is 5.91 Å². The minimum atomic E-state index is -4.89. The second-order valence-corrected chi connectivity index (χ2v) is 4.54. The lowest BCUT2D eigenvalue weighted by molar-refractivity contribution is -0.274. The van der Waals surface area contributed by atoms with Crippen molar-refractivity contribution in [3.8, 4) is 17.0 Å². The molecule has 0 bridgehead atoms. The molecule has 0 aliphatic rings. The van der Waals surface area contributed by atoms with Crippen molar-refractivity contribution in [1.29, 1.82) is 0 Å². The first-order chi connectivity index (χ1) is 10.3. The molecular weight excluding hydrogens is 323 g/mol. The number of aromatic nitrogens is 2. The molecule has 0 aliphatic heterocycles. The molecule has 0 radical (unpaired) electrons. The third-order valence-corrected chi connectivity index (χ3v) is 2.65. The molecule has 0 spiro atoms. The molecule has 0 saturated heterocycles. The monoisotopic (exact) mass is 331 g/mol. The highest BCUT2D eigenvalue weighted by Gasteiger charge is 2.33.